The summed E-state index contributed by atoms with van der Waals surface area (Å²) < 4.78 is 5.84. The number of nitrogens with zero attached hydrogens (tertiary/aromatic N) is 4. The Morgan fingerprint density at radius 1 is 0.909 bits per heavy atom. The predicted octanol–water partition coefficient (Wildman–Crippen LogP) is 3.37. The second kappa shape index (κ2) is 9.58. The van der Waals surface area contributed by atoms with E-state index >= 15 is 0 Å². The summed E-state index contributed by atoms with van der Waals surface area (Å²) in [6.07, 6.45) is 2.82. The first kappa shape index (κ1) is 21.4. The maximum absolute atomic E-state index is 12.5. The average Bonchev–Trinajstić information content (AvgIpc) is 3.32. The first-order valence-corrected chi connectivity index (χ1v) is 11.5. The quantitative estimate of drug-likeness (QED) is 0.599. The summed E-state index contributed by atoms with van der Waals surface area (Å²) in [5.41, 5.74) is 10.4. The molecule has 0 aliphatic carbocycles. The van der Waals surface area contributed by atoms with Gasteiger partial charge in [0.15, 0.2) is 5.78 Å². The molecule has 1 saturated heterocycles. The van der Waals surface area contributed by atoms with Gasteiger partial charge < -0.3 is 15.4 Å². The first-order valence-electron chi connectivity index (χ1n) is 11.5. The van der Waals surface area contributed by atoms with Gasteiger partial charge in [0, 0.05) is 25.1 Å². The Hall–Kier alpha value is -3.45. The molecule has 7 nitrogen and oxygen atoms in total. The molecule has 0 saturated carbocycles. The molecule has 1 fully saturated rings. The van der Waals surface area contributed by atoms with Crippen molar-refractivity contribution in [2.45, 2.75) is 39.0 Å². The molecule has 0 radical (unpaired) electrons. The third-order valence-corrected chi connectivity index (χ3v) is 6.22. The lowest BCUT2D eigenvalue weighted by atomic mass is 10.0. The van der Waals surface area contributed by atoms with Gasteiger partial charge in [-0.25, -0.2) is 0 Å². The highest BCUT2D eigenvalue weighted by atomic mass is 16.5. The maximum atomic E-state index is 12.5. The van der Waals surface area contributed by atoms with E-state index in [0.717, 1.165) is 17.7 Å². The standard InChI is InChI=1S/C26H29N5O2/c27-24-23-14-22(32)17-31(16-21-10-6-9-20(13-21)15-30-11-4-5-12-30)25(23)29-26(28-24)33-18-19-7-2-1-3-8-19/h1-3,6-10,13H,4-5,11-12,14-18H2,(H2,27,28,29). The second-order valence-corrected chi connectivity index (χ2v) is 8.84. The fourth-order valence-corrected chi connectivity index (χ4v) is 4.60. The molecule has 2 N–H and O–H groups in total. The summed E-state index contributed by atoms with van der Waals surface area (Å²) in [6.45, 7) is 4.55. The summed E-state index contributed by atoms with van der Waals surface area (Å²) >= 11 is 0. The van der Waals surface area contributed by atoms with Gasteiger partial charge >= 0.3 is 6.01 Å². The SMILES string of the molecule is Nc1nc(OCc2ccccc2)nc2c1CC(=O)CN2Cc1cccc(CN2CCCC2)c1. The van der Waals surface area contributed by atoms with Crippen molar-refractivity contribution >= 4 is 17.4 Å². The Morgan fingerprint density at radius 3 is 2.42 bits per heavy atom. The molecule has 33 heavy (non-hydrogen) atoms. The van der Waals surface area contributed by atoms with Crippen LogP contribution in [0.5, 0.6) is 6.01 Å². The van der Waals surface area contributed by atoms with E-state index in [1.165, 1.54) is 31.5 Å². The smallest absolute Gasteiger partial charge is 0.320 e. The molecule has 5 rings (SSSR count). The third kappa shape index (κ3) is 5.14. The molecule has 1 aromatic heterocycles. The van der Waals surface area contributed by atoms with E-state index in [9.17, 15) is 4.79 Å². The number of ether oxygens (including phenoxy) is 1. The number of rotatable bonds is 7. The number of fused-ring (bicyclic) bond motifs is 1. The topological polar surface area (TPSA) is 84.6 Å². The number of likely N-dealkylation sites (tertiary alicyclic amines) is 1. The van der Waals surface area contributed by atoms with Crippen molar-refractivity contribution in [3.63, 3.8) is 0 Å². The van der Waals surface area contributed by atoms with E-state index in [1.54, 1.807) is 0 Å². The Labute approximate surface area is 194 Å². The number of Topliss-reactive ketones (excluding diaryl/α,β-unsaturated/α-hetero) is 1. The van der Waals surface area contributed by atoms with Crippen LogP contribution in [-0.2, 0) is 30.9 Å². The van der Waals surface area contributed by atoms with Crippen LogP contribution >= 0.6 is 0 Å². The predicted molar refractivity (Wildman–Crippen MR) is 128 cm³/mol. The van der Waals surface area contributed by atoms with Gasteiger partial charge in [0.2, 0.25) is 0 Å². The van der Waals surface area contributed by atoms with Crippen LogP contribution in [0.2, 0.25) is 0 Å². The van der Waals surface area contributed by atoms with Crippen LogP contribution < -0.4 is 15.4 Å². The molecular weight excluding hydrogens is 414 g/mol. The minimum Gasteiger partial charge on any atom is -0.458 e. The number of hydrogen-bond donors (Lipinski definition) is 1. The Kier molecular flexibility index (Phi) is 6.21. The normalized spacial score (nSPS) is 16.1. The number of benzene rings is 2. The number of anilines is 2. The third-order valence-electron chi connectivity index (χ3n) is 6.22. The second-order valence-electron chi connectivity index (χ2n) is 8.84. The lowest BCUT2D eigenvalue weighted by Crippen LogP contribution is -2.36. The molecule has 3 heterocycles. The van der Waals surface area contributed by atoms with Crippen LogP contribution in [0.3, 0.4) is 0 Å². The van der Waals surface area contributed by atoms with Crippen LogP contribution in [-0.4, -0.2) is 40.3 Å². The number of carbonyl (C=O) groups excluding carboxylic acids is 1. The summed E-state index contributed by atoms with van der Waals surface area (Å²) in [5.74, 6) is 1.11. The largest absolute Gasteiger partial charge is 0.458 e. The van der Waals surface area contributed by atoms with Gasteiger partial charge in [0.05, 0.1) is 6.54 Å². The number of carbonyl (C=O) groups is 1. The molecule has 0 amide bonds. The minimum atomic E-state index is 0.115. The monoisotopic (exact) mass is 443 g/mol. The van der Waals surface area contributed by atoms with Gasteiger partial charge in [-0.15, -0.1) is 0 Å². The molecule has 0 atom stereocenters. The van der Waals surface area contributed by atoms with Crippen molar-refractivity contribution in [3.05, 3.63) is 76.9 Å². The maximum Gasteiger partial charge on any atom is 0.320 e. The van der Waals surface area contributed by atoms with E-state index in [-0.39, 0.29) is 18.2 Å². The number of nitrogens with two attached hydrogens (primary N) is 1. The van der Waals surface area contributed by atoms with E-state index in [4.69, 9.17) is 10.5 Å². The van der Waals surface area contributed by atoms with Gasteiger partial charge in [-0.2, -0.15) is 9.97 Å². The van der Waals surface area contributed by atoms with Gasteiger partial charge in [-0.1, -0.05) is 54.6 Å². The molecule has 2 aliphatic rings. The fourth-order valence-electron chi connectivity index (χ4n) is 4.60. The number of nitrogen functional groups attached to an aromatic ring is 1. The minimum absolute atomic E-state index is 0.115. The summed E-state index contributed by atoms with van der Waals surface area (Å²) in [7, 11) is 0. The molecule has 0 bridgehead atoms. The molecule has 2 aromatic carbocycles. The van der Waals surface area contributed by atoms with Crippen molar-refractivity contribution in [3.8, 4) is 6.01 Å². The number of aromatic nitrogens is 2. The highest BCUT2D eigenvalue weighted by Gasteiger charge is 2.28. The van der Waals surface area contributed by atoms with Crippen LogP contribution in [0.15, 0.2) is 54.6 Å². The molecule has 2 aliphatic heterocycles. The van der Waals surface area contributed by atoms with E-state index in [1.807, 2.05) is 35.2 Å². The Morgan fingerprint density at radius 2 is 1.64 bits per heavy atom. The lowest BCUT2D eigenvalue weighted by Gasteiger charge is -2.30. The Bertz CT molecular complexity index is 1130. The van der Waals surface area contributed by atoms with Crippen LogP contribution in [0.25, 0.3) is 0 Å². The Balaban J connectivity index is 1.36. The van der Waals surface area contributed by atoms with Crippen molar-refractivity contribution in [2.75, 3.05) is 30.3 Å². The first-order chi connectivity index (χ1) is 16.1. The van der Waals surface area contributed by atoms with Gasteiger partial charge in [-0.05, 0) is 42.6 Å². The molecule has 7 heteroatoms. The summed E-state index contributed by atoms with van der Waals surface area (Å²) in [5, 5.41) is 0. The van der Waals surface area contributed by atoms with Crippen molar-refractivity contribution in [2.24, 2.45) is 0 Å². The van der Waals surface area contributed by atoms with Crippen LogP contribution in [0.4, 0.5) is 11.6 Å². The van der Waals surface area contributed by atoms with Crippen molar-refractivity contribution < 1.29 is 9.53 Å². The zero-order valence-corrected chi connectivity index (χ0v) is 18.7. The van der Waals surface area contributed by atoms with Gasteiger partial charge in [-0.3, -0.25) is 9.69 Å². The zero-order chi connectivity index (χ0) is 22.6. The van der Waals surface area contributed by atoms with E-state index < -0.39 is 0 Å². The highest BCUT2D eigenvalue weighted by Crippen LogP contribution is 2.31. The molecule has 0 unspecified atom stereocenters. The summed E-state index contributed by atoms with van der Waals surface area (Å²) in [4.78, 5) is 25.9. The number of ketones is 1. The van der Waals surface area contributed by atoms with E-state index in [0.29, 0.717) is 36.9 Å². The van der Waals surface area contributed by atoms with Gasteiger partial charge in [0.25, 0.3) is 0 Å². The van der Waals surface area contributed by atoms with Crippen molar-refractivity contribution in [1.29, 1.82) is 0 Å². The van der Waals surface area contributed by atoms with Crippen molar-refractivity contribution in [1.82, 2.24) is 14.9 Å². The lowest BCUT2D eigenvalue weighted by molar-refractivity contribution is -0.117. The van der Waals surface area contributed by atoms with E-state index in [2.05, 4.69) is 39.1 Å². The summed E-state index contributed by atoms with van der Waals surface area (Å²) in [6, 6.07) is 18.7. The average molecular weight is 444 g/mol. The number of hydrogen-bond acceptors (Lipinski definition) is 7. The molecule has 0 spiro atoms. The highest BCUT2D eigenvalue weighted by molar-refractivity contribution is 5.91. The van der Waals surface area contributed by atoms with Gasteiger partial charge in [0.1, 0.15) is 18.2 Å². The van der Waals surface area contributed by atoms with Crippen LogP contribution in [0.1, 0.15) is 35.1 Å². The molecule has 3 aromatic rings. The fraction of sp³-hybridized carbons (Fsp3) is 0.346. The molecular formula is C26H29N5O2. The molecule has 170 valence electrons. The van der Waals surface area contributed by atoms with Crippen LogP contribution in [0, 0.1) is 0 Å². The zero-order valence-electron chi connectivity index (χ0n) is 18.7.